The summed E-state index contributed by atoms with van der Waals surface area (Å²) in [7, 11) is 0. The van der Waals surface area contributed by atoms with Crippen molar-refractivity contribution >= 4 is 45.0 Å². The highest BCUT2D eigenvalue weighted by Crippen LogP contribution is 2.36. The van der Waals surface area contributed by atoms with Gasteiger partial charge in [0.1, 0.15) is 5.03 Å². The third kappa shape index (κ3) is 2.33. The van der Waals surface area contributed by atoms with Gasteiger partial charge in [-0.2, -0.15) is 0 Å². The van der Waals surface area contributed by atoms with Crippen molar-refractivity contribution in [3.63, 3.8) is 0 Å². The topological polar surface area (TPSA) is 89.1 Å². The Hall–Kier alpha value is -2.12. The van der Waals surface area contributed by atoms with Crippen LogP contribution in [0.2, 0.25) is 0 Å². The first-order valence-electron chi connectivity index (χ1n) is 5.66. The van der Waals surface area contributed by atoms with Gasteiger partial charge in [0, 0.05) is 6.20 Å². The van der Waals surface area contributed by atoms with Crippen LogP contribution in [0.25, 0.3) is 10.2 Å². The average Bonchev–Trinajstić information content (AvgIpc) is 2.83. The molecule has 0 unspecified atom stereocenters. The molecule has 0 amide bonds. The molecule has 20 heavy (non-hydrogen) atoms. The lowest BCUT2D eigenvalue weighted by atomic mass is 10.2. The van der Waals surface area contributed by atoms with E-state index in [0.717, 1.165) is 14.6 Å². The van der Waals surface area contributed by atoms with Crippen LogP contribution in [0, 0.1) is 0 Å². The minimum atomic E-state index is -1.06. The first-order chi connectivity index (χ1) is 9.65. The zero-order chi connectivity index (χ0) is 14.1. The molecule has 0 aliphatic heterocycles. The van der Waals surface area contributed by atoms with Gasteiger partial charge in [-0.1, -0.05) is 12.1 Å². The van der Waals surface area contributed by atoms with E-state index in [2.05, 4.69) is 9.97 Å². The van der Waals surface area contributed by atoms with Gasteiger partial charge in [0.15, 0.2) is 4.34 Å². The van der Waals surface area contributed by atoms with Gasteiger partial charge in [-0.25, -0.2) is 14.8 Å². The van der Waals surface area contributed by atoms with Crippen molar-refractivity contribution in [3.8, 4) is 0 Å². The Bertz CT molecular complexity index is 768. The minimum Gasteiger partial charge on any atom is -0.478 e. The Morgan fingerprint density at radius 1 is 1.30 bits per heavy atom. The number of nitrogens with two attached hydrogens (primary N) is 1. The maximum Gasteiger partial charge on any atom is 0.337 e. The molecule has 0 saturated carbocycles. The Kier molecular flexibility index (Phi) is 3.29. The van der Waals surface area contributed by atoms with Gasteiger partial charge in [0.25, 0.3) is 0 Å². The number of carboxylic acids is 1. The fourth-order valence-corrected chi connectivity index (χ4v) is 3.71. The second kappa shape index (κ2) is 5.10. The molecule has 3 rings (SSSR count). The smallest absolute Gasteiger partial charge is 0.337 e. The Morgan fingerprint density at radius 2 is 2.10 bits per heavy atom. The molecular weight excluding hydrogens is 294 g/mol. The van der Waals surface area contributed by atoms with E-state index in [-0.39, 0.29) is 11.3 Å². The predicted molar refractivity (Wildman–Crippen MR) is 79.4 cm³/mol. The quantitative estimate of drug-likeness (QED) is 0.772. The van der Waals surface area contributed by atoms with Crippen molar-refractivity contribution in [2.75, 3.05) is 5.73 Å². The highest BCUT2D eigenvalue weighted by Gasteiger charge is 2.14. The Labute approximate surface area is 122 Å². The van der Waals surface area contributed by atoms with Gasteiger partial charge in [-0.05, 0) is 30.0 Å². The van der Waals surface area contributed by atoms with Crippen LogP contribution < -0.4 is 5.73 Å². The maximum atomic E-state index is 11.0. The van der Waals surface area contributed by atoms with Crippen molar-refractivity contribution in [1.82, 2.24) is 9.97 Å². The molecule has 0 aliphatic rings. The number of nitrogens with zero attached hydrogens (tertiary/aromatic N) is 2. The first kappa shape index (κ1) is 12.9. The number of benzene rings is 1. The van der Waals surface area contributed by atoms with Crippen LogP contribution in [0.4, 0.5) is 5.69 Å². The van der Waals surface area contributed by atoms with Crippen molar-refractivity contribution < 1.29 is 9.90 Å². The standard InChI is InChI=1S/C13H9N3O2S2/c14-10-7(12(17)18)5-6-15-11(10)20-13-16-8-3-1-2-4-9(8)19-13/h1-6H,14H2,(H,17,18). The number of pyridine rings is 1. The van der Waals surface area contributed by atoms with Gasteiger partial charge in [-0.3, -0.25) is 0 Å². The molecule has 7 heteroatoms. The van der Waals surface area contributed by atoms with Gasteiger partial charge in [0.2, 0.25) is 0 Å². The zero-order valence-corrected chi connectivity index (χ0v) is 11.7. The number of para-hydroxylation sites is 1. The molecule has 0 spiro atoms. The molecule has 2 aromatic heterocycles. The molecule has 2 heterocycles. The van der Waals surface area contributed by atoms with Gasteiger partial charge < -0.3 is 10.8 Å². The summed E-state index contributed by atoms with van der Waals surface area (Å²) < 4.78 is 1.86. The monoisotopic (exact) mass is 303 g/mol. The number of anilines is 1. The molecule has 1 aromatic carbocycles. The number of aromatic carboxylic acids is 1. The third-order valence-corrected chi connectivity index (χ3v) is 4.76. The van der Waals surface area contributed by atoms with Gasteiger partial charge in [0.05, 0.1) is 21.5 Å². The van der Waals surface area contributed by atoms with Gasteiger partial charge >= 0.3 is 5.97 Å². The molecule has 0 saturated heterocycles. The Balaban J connectivity index is 1.98. The van der Waals surface area contributed by atoms with E-state index in [9.17, 15) is 4.79 Å². The van der Waals surface area contributed by atoms with E-state index in [1.165, 1.54) is 35.4 Å². The van der Waals surface area contributed by atoms with E-state index in [0.29, 0.717) is 5.03 Å². The number of hydrogen-bond donors (Lipinski definition) is 2. The number of carboxylic acid groups (broad SMARTS) is 1. The summed E-state index contributed by atoms with van der Waals surface area (Å²) in [5, 5.41) is 9.50. The average molecular weight is 303 g/mol. The second-order valence-electron chi connectivity index (χ2n) is 3.93. The lowest BCUT2D eigenvalue weighted by molar-refractivity contribution is 0.0697. The summed E-state index contributed by atoms with van der Waals surface area (Å²) in [5.74, 6) is -1.06. The number of thiazole rings is 1. The van der Waals surface area contributed by atoms with Crippen LogP contribution in [0.15, 0.2) is 45.9 Å². The lowest BCUT2D eigenvalue weighted by Crippen LogP contribution is -2.04. The summed E-state index contributed by atoms with van der Waals surface area (Å²) in [6.45, 7) is 0. The second-order valence-corrected chi connectivity index (χ2v) is 6.20. The SMILES string of the molecule is Nc1c(C(=O)O)ccnc1Sc1nc2ccccc2s1. The van der Waals surface area contributed by atoms with E-state index >= 15 is 0 Å². The number of rotatable bonds is 3. The highest BCUT2D eigenvalue weighted by molar-refractivity contribution is 8.01. The molecule has 0 aliphatic carbocycles. The van der Waals surface area contributed by atoms with E-state index in [1.807, 2.05) is 24.3 Å². The van der Waals surface area contributed by atoms with E-state index in [1.54, 1.807) is 0 Å². The van der Waals surface area contributed by atoms with Crippen LogP contribution in [-0.2, 0) is 0 Å². The summed E-state index contributed by atoms with van der Waals surface area (Å²) in [6.07, 6.45) is 1.44. The number of carbonyl (C=O) groups is 1. The van der Waals surface area contributed by atoms with Crippen LogP contribution in [0.3, 0.4) is 0 Å². The van der Waals surface area contributed by atoms with Crippen molar-refractivity contribution in [3.05, 3.63) is 42.1 Å². The number of nitrogen functional groups attached to an aromatic ring is 1. The molecule has 0 radical (unpaired) electrons. The molecular formula is C13H9N3O2S2. The molecule has 3 N–H and O–H groups in total. The largest absolute Gasteiger partial charge is 0.478 e. The molecule has 3 aromatic rings. The lowest BCUT2D eigenvalue weighted by Gasteiger charge is -2.04. The molecule has 0 bridgehead atoms. The fraction of sp³-hybridized carbons (Fsp3) is 0. The Morgan fingerprint density at radius 3 is 2.85 bits per heavy atom. The van der Waals surface area contributed by atoms with Crippen molar-refractivity contribution in [2.24, 2.45) is 0 Å². The molecule has 100 valence electrons. The summed E-state index contributed by atoms with van der Waals surface area (Å²) in [4.78, 5) is 19.6. The zero-order valence-electron chi connectivity index (χ0n) is 10.1. The summed E-state index contributed by atoms with van der Waals surface area (Å²) in [5.41, 5.74) is 6.98. The minimum absolute atomic E-state index is 0.0589. The number of aromatic nitrogens is 2. The van der Waals surface area contributed by atoms with E-state index in [4.69, 9.17) is 10.8 Å². The fourth-order valence-electron chi connectivity index (χ4n) is 1.70. The number of hydrogen-bond acceptors (Lipinski definition) is 6. The number of fused-ring (bicyclic) bond motifs is 1. The normalized spacial score (nSPS) is 10.8. The molecule has 5 nitrogen and oxygen atoms in total. The summed E-state index contributed by atoms with van der Waals surface area (Å²) in [6, 6.07) is 9.18. The first-order valence-corrected chi connectivity index (χ1v) is 7.29. The predicted octanol–water partition coefficient (Wildman–Crippen LogP) is 3.12. The van der Waals surface area contributed by atoms with Crippen LogP contribution in [0.1, 0.15) is 10.4 Å². The maximum absolute atomic E-state index is 11.0. The van der Waals surface area contributed by atoms with Crippen molar-refractivity contribution in [1.29, 1.82) is 0 Å². The van der Waals surface area contributed by atoms with Crippen LogP contribution in [0.5, 0.6) is 0 Å². The molecule has 0 fully saturated rings. The third-order valence-electron chi connectivity index (χ3n) is 2.64. The molecule has 0 atom stereocenters. The van der Waals surface area contributed by atoms with Gasteiger partial charge in [-0.15, -0.1) is 11.3 Å². The van der Waals surface area contributed by atoms with Crippen LogP contribution in [-0.4, -0.2) is 21.0 Å². The van der Waals surface area contributed by atoms with Crippen LogP contribution >= 0.6 is 23.1 Å². The highest BCUT2D eigenvalue weighted by atomic mass is 32.2. The van der Waals surface area contributed by atoms with Crippen molar-refractivity contribution in [2.45, 2.75) is 9.37 Å². The van der Waals surface area contributed by atoms with E-state index < -0.39 is 5.97 Å². The summed E-state index contributed by atoms with van der Waals surface area (Å²) >= 11 is 2.80.